The van der Waals surface area contributed by atoms with Crippen molar-refractivity contribution in [1.29, 1.82) is 0 Å². The van der Waals surface area contributed by atoms with E-state index in [4.69, 9.17) is 16.3 Å². The van der Waals surface area contributed by atoms with E-state index in [0.717, 1.165) is 5.56 Å². The molecule has 3 rings (SSSR count). The molecule has 8 heteroatoms. The highest BCUT2D eigenvalue weighted by atomic mass is 35.5. The first-order valence-corrected chi connectivity index (χ1v) is 10.2. The third kappa shape index (κ3) is 4.68. The average molecular weight is 407 g/mol. The first-order chi connectivity index (χ1) is 12.7. The molecular formula is C19H19ClN2O4S. The van der Waals surface area contributed by atoms with Gasteiger partial charge >= 0.3 is 0 Å². The number of halogens is 1. The first-order valence-electron chi connectivity index (χ1n) is 8.31. The third-order valence-electron chi connectivity index (χ3n) is 3.79. The van der Waals surface area contributed by atoms with Crippen LogP contribution in [0.5, 0.6) is 5.75 Å². The van der Waals surface area contributed by atoms with Gasteiger partial charge in [0.25, 0.3) is 5.91 Å². The summed E-state index contributed by atoms with van der Waals surface area (Å²) in [5.41, 5.74) is 1.67. The number of carbonyl (C=O) groups is 1. The average Bonchev–Trinajstić information content (AvgIpc) is 2.60. The maximum Gasteiger partial charge on any atom is 0.255 e. The molecule has 2 aromatic rings. The zero-order valence-corrected chi connectivity index (χ0v) is 16.4. The summed E-state index contributed by atoms with van der Waals surface area (Å²) in [6, 6.07) is 11.0. The molecule has 0 aromatic heterocycles. The number of hydrogen-bond acceptors (Lipinski definition) is 4. The van der Waals surface area contributed by atoms with Crippen LogP contribution >= 0.6 is 11.6 Å². The minimum absolute atomic E-state index is 0.137. The van der Waals surface area contributed by atoms with E-state index < -0.39 is 10.0 Å². The molecule has 0 saturated heterocycles. The van der Waals surface area contributed by atoms with Crippen LogP contribution in [0, 0.1) is 0 Å². The Labute approximate surface area is 163 Å². The maximum atomic E-state index is 12.5. The number of rotatable bonds is 5. The zero-order valence-electron chi connectivity index (χ0n) is 14.8. The number of amides is 1. The van der Waals surface area contributed by atoms with E-state index in [0.29, 0.717) is 22.0 Å². The van der Waals surface area contributed by atoms with Crippen molar-refractivity contribution in [2.45, 2.75) is 24.8 Å². The van der Waals surface area contributed by atoms with E-state index in [1.54, 1.807) is 50.3 Å². The summed E-state index contributed by atoms with van der Waals surface area (Å²) in [7, 11) is -3.57. The predicted octanol–water partition coefficient (Wildman–Crippen LogP) is 3.44. The normalized spacial score (nSPS) is 13.6. The van der Waals surface area contributed by atoms with Gasteiger partial charge in [0.15, 0.2) is 0 Å². The fourth-order valence-electron chi connectivity index (χ4n) is 2.59. The molecule has 1 amide bonds. The minimum atomic E-state index is -3.57. The molecule has 0 atom stereocenters. The van der Waals surface area contributed by atoms with Gasteiger partial charge in [0.2, 0.25) is 10.0 Å². The van der Waals surface area contributed by atoms with Crippen LogP contribution in [0.2, 0.25) is 5.02 Å². The van der Waals surface area contributed by atoms with Crippen molar-refractivity contribution in [3.8, 4) is 5.75 Å². The highest BCUT2D eigenvalue weighted by Gasteiger charge is 2.19. The lowest BCUT2D eigenvalue weighted by atomic mass is 10.1. The number of benzene rings is 2. The lowest BCUT2D eigenvalue weighted by Crippen LogP contribution is -2.30. The van der Waals surface area contributed by atoms with Gasteiger partial charge in [-0.2, -0.15) is 0 Å². The second kappa shape index (κ2) is 7.72. The second-order valence-corrected chi connectivity index (χ2v) is 8.55. The van der Waals surface area contributed by atoms with Gasteiger partial charge in [0, 0.05) is 22.3 Å². The molecule has 27 heavy (non-hydrogen) atoms. The quantitative estimate of drug-likeness (QED) is 0.796. The van der Waals surface area contributed by atoms with Crippen molar-refractivity contribution in [3.63, 3.8) is 0 Å². The van der Waals surface area contributed by atoms with Crippen LogP contribution in [-0.4, -0.2) is 27.0 Å². The predicted molar refractivity (Wildman–Crippen MR) is 105 cm³/mol. The SMILES string of the molecule is CC(C)NS(=O)(=O)c1ccc(NC(=O)C2=Cc3cc(Cl)ccc3OC2)cc1. The number of nitrogens with one attached hydrogen (secondary N) is 2. The van der Waals surface area contributed by atoms with Crippen molar-refractivity contribution in [3.05, 3.63) is 58.6 Å². The topological polar surface area (TPSA) is 84.5 Å². The van der Waals surface area contributed by atoms with Crippen molar-refractivity contribution in [2.75, 3.05) is 11.9 Å². The summed E-state index contributed by atoms with van der Waals surface area (Å²) >= 11 is 5.98. The fraction of sp³-hybridized carbons (Fsp3) is 0.211. The monoisotopic (exact) mass is 406 g/mol. The molecule has 0 fully saturated rings. The van der Waals surface area contributed by atoms with Crippen LogP contribution in [0.25, 0.3) is 6.08 Å². The Hall–Kier alpha value is -2.35. The Morgan fingerprint density at radius 1 is 1.15 bits per heavy atom. The van der Waals surface area contributed by atoms with Crippen LogP contribution < -0.4 is 14.8 Å². The van der Waals surface area contributed by atoms with Gasteiger partial charge in [0.05, 0.1) is 10.5 Å². The number of hydrogen-bond donors (Lipinski definition) is 2. The lowest BCUT2D eigenvalue weighted by Gasteiger charge is -2.18. The van der Waals surface area contributed by atoms with Crippen molar-refractivity contribution in [1.82, 2.24) is 4.72 Å². The van der Waals surface area contributed by atoms with Gasteiger partial charge in [0.1, 0.15) is 12.4 Å². The molecule has 2 N–H and O–H groups in total. The van der Waals surface area contributed by atoms with Crippen LogP contribution in [0.1, 0.15) is 19.4 Å². The maximum absolute atomic E-state index is 12.5. The molecule has 0 saturated carbocycles. The standard InChI is InChI=1S/C19H19ClN2O4S/c1-12(2)22-27(24,25)17-6-4-16(5-7-17)21-19(23)14-9-13-10-15(20)3-8-18(13)26-11-14/h3-10,12,22H,11H2,1-2H3,(H,21,23). The van der Waals surface area contributed by atoms with Crippen molar-refractivity contribution in [2.24, 2.45) is 0 Å². The van der Waals surface area contributed by atoms with Gasteiger partial charge in [-0.3, -0.25) is 4.79 Å². The zero-order chi connectivity index (χ0) is 19.6. The van der Waals surface area contributed by atoms with Gasteiger partial charge in [-0.15, -0.1) is 0 Å². The molecule has 0 radical (unpaired) electrons. The molecule has 1 heterocycles. The van der Waals surface area contributed by atoms with Crippen LogP contribution in [0.15, 0.2) is 52.9 Å². The van der Waals surface area contributed by atoms with Crippen LogP contribution in [-0.2, 0) is 14.8 Å². The molecule has 142 valence electrons. The third-order valence-corrected chi connectivity index (χ3v) is 5.70. The number of fused-ring (bicyclic) bond motifs is 1. The van der Waals surface area contributed by atoms with E-state index in [-0.39, 0.29) is 23.5 Å². The van der Waals surface area contributed by atoms with Crippen LogP contribution in [0.3, 0.4) is 0 Å². The number of carbonyl (C=O) groups excluding carboxylic acids is 1. The summed E-state index contributed by atoms with van der Waals surface area (Å²) in [4.78, 5) is 12.6. The molecule has 0 bridgehead atoms. The van der Waals surface area contributed by atoms with Gasteiger partial charge in [-0.05, 0) is 62.4 Å². The van der Waals surface area contributed by atoms with Crippen LogP contribution in [0.4, 0.5) is 5.69 Å². The van der Waals surface area contributed by atoms with Gasteiger partial charge in [-0.1, -0.05) is 11.6 Å². The fourth-order valence-corrected chi connectivity index (χ4v) is 4.02. The summed E-state index contributed by atoms with van der Waals surface area (Å²) in [5.74, 6) is 0.347. The van der Waals surface area contributed by atoms with E-state index in [1.165, 1.54) is 12.1 Å². The molecule has 0 spiro atoms. The Kier molecular flexibility index (Phi) is 5.55. The highest BCUT2D eigenvalue weighted by Crippen LogP contribution is 2.29. The Morgan fingerprint density at radius 3 is 2.52 bits per heavy atom. The molecule has 0 aliphatic carbocycles. The lowest BCUT2D eigenvalue weighted by molar-refractivity contribution is -0.113. The molecule has 2 aromatic carbocycles. The van der Waals surface area contributed by atoms with E-state index in [9.17, 15) is 13.2 Å². The molecule has 6 nitrogen and oxygen atoms in total. The molecule has 0 unspecified atom stereocenters. The molecule has 1 aliphatic heterocycles. The minimum Gasteiger partial charge on any atom is -0.488 e. The van der Waals surface area contributed by atoms with Gasteiger partial charge < -0.3 is 10.1 Å². The Balaban J connectivity index is 1.73. The smallest absolute Gasteiger partial charge is 0.255 e. The Bertz CT molecular complexity index is 999. The van der Waals surface area contributed by atoms with Crippen molar-refractivity contribution < 1.29 is 17.9 Å². The van der Waals surface area contributed by atoms with E-state index >= 15 is 0 Å². The summed E-state index contributed by atoms with van der Waals surface area (Å²) in [6.07, 6.45) is 1.73. The first kappa shape index (κ1) is 19.4. The number of ether oxygens (including phenoxy) is 1. The Morgan fingerprint density at radius 2 is 1.85 bits per heavy atom. The van der Waals surface area contributed by atoms with E-state index in [2.05, 4.69) is 10.0 Å². The number of anilines is 1. The summed E-state index contributed by atoms with van der Waals surface area (Å²) in [5, 5.41) is 3.30. The summed E-state index contributed by atoms with van der Waals surface area (Å²) in [6.45, 7) is 3.64. The van der Waals surface area contributed by atoms with Gasteiger partial charge in [-0.25, -0.2) is 13.1 Å². The molecule has 1 aliphatic rings. The molecular weight excluding hydrogens is 388 g/mol. The summed E-state index contributed by atoms with van der Waals surface area (Å²) < 4.78 is 32.4. The largest absolute Gasteiger partial charge is 0.488 e. The second-order valence-electron chi connectivity index (χ2n) is 6.39. The van der Waals surface area contributed by atoms with Crippen molar-refractivity contribution >= 4 is 39.3 Å². The van der Waals surface area contributed by atoms with E-state index in [1.807, 2.05) is 0 Å². The number of sulfonamides is 1. The highest BCUT2D eigenvalue weighted by molar-refractivity contribution is 7.89.